The number of hydrogen-bond donors (Lipinski definition) is 2. The van der Waals surface area contributed by atoms with Gasteiger partial charge >= 0.3 is 0 Å². The fourth-order valence-corrected chi connectivity index (χ4v) is 2.36. The summed E-state index contributed by atoms with van der Waals surface area (Å²) in [6.45, 7) is 0. The van der Waals surface area contributed by atoms with Crippen LogP contribution < -0.4 is 10.9 Å². The lowest BCUT2D eigenvalue weighted by Gasteiger charge is -2.14. The molecule has 0 aliphatic carbocycles. The number of hydrazine groups is 1. The van der Waals surface area contributed by atoms with Crippen molar-refractivity contribution in [2.24, 2.45) is 0 Å². The first-order valence-electron chi connectivity index (χ1n) is 6.77. The van der Waals surface area contributed by atoms with Gasteiger partial charge in [0.15, 0.2) is 5.82 Å². The van der Waals surface area contributed by atoms with Crippen LogP contribution in [0.25, 0.3) is 22.3 Å². The minimum absolute atomic E-state index is 0.441. The Labute approximate surface area is 137 Å². The normalized spacial score (nSPS) is 10.1. The van der Waals surface area contributed by atoms with E-state index in [-0.39, 0.29) is 0 Å². The first kappa shape index (κ1) is 14.9. The van der Waals surface area contributed by atoms with Crippen molar-refractivity contribution in [2.75, 3.05) is 5.43 Å². The number of amides is 1. The van der Waals surface area contributed by atoms with E-state index in [0.717, 1.165) is 22.3 Å². The van der Waals surface area contributed by atoms with Gasteiger partial charge in [-0.2, -0.15) is 5.10 Å². The fourth-order valence-electron chi connectivity index (χ4n) is 2.23. The highest BCUT2D eigenvalue weighted by Crippen LogP contribution is 2.35. The van der Waals surface area contributed by atoms with Gasteiger partial charge in [-0.15, -0.1) is 5.10 Å². The van der Waals surface area contributed by atoms with Crippen LogP contribution in [-0.4, -0.2) is 21.6 Å². The summed E-state index contributed by atoms with van der Waals surface area (Å²) >= 11 is 5.96. The van der Waals surface area contributed by atoms with E-state index in [4.69, 9.17) is 11.6 Å². The van der Waals surface area contributed by atoms with E-state index >= 15 is 0 Å². The number of anilines is 1. The van der Waals surface area contributed by atoms with E-state index in [1.54, 1.807) is 18.6 Å². The van der Waals surface area contributed by atoms with Crippen molar-refractivity contribution in [3.05, 3.63) is 60.0 Å². The highest BCUT2D eigenvalue weighted by atomic mass is 35.5. The molecule has 0 atom stereocenters. The topological polar surface area (TPSA) is 79.8 Å². The Morgan fingerprint density at radius 3 is 2.43 bits per heavy atom. The Kier molecular flexibility index (Phi) is 4.44. The number of nitrogens with one attached hydrogen (secondary N) is 2. The maximum absolute atomic E-state index is 10.6. The number of aromatic nitrogens is 3. The molecule has 2 N–H and O–H groups in total. The Morgan fingerprint density at radius 1 is 1.00 bits per heavy atom. The van der Waals surface area contributed by atoms with Crippen LogP contribution in [0.3, 0.4) is 0 Å². The summed E-state index contributed by atoms with van der Waals surface area (Å²) in [6, 6.07) is 11.2. The minimum atomic E-state index is 0.441. The van der Waals surface area contributed by atoms with Gasteiger partial charge in [0.05, 0.1) is 6.20 Å². The largest absolute Gasteiger partial charge is 0.280 e. The third-order valence-electron chi connectivity index (χ3n) is 3.22. The summed E-state index contributed by atoms with van der Waals surface area (Å²) in [5, 5.41) is 8.73. The zero-order valence-corrected chi connectivity index (χ0v) is 12.7. The molecule has 0 saturated heterocycles. The minimum Gasteiger partial charge on any atom is -0.280 e. The monoisotopic (exact) mass is 325 g/mol. The molecule has 1 amide bonds. The number of rotatable bonds is 5. The quantitative estimate of drug-likeness (QED) is 0.557. The molecule has 2 aromatic heterocycles. The van der Waals surface area contributed by atoms with E-state index in [1.165, 1.54) is 0 Å². The summed E-state index contributed by atoms with van der Waals surface area (Å²) in [4.78, 5) is 14.6. The predicted octanol–water partition coefficient (Wildman–Crippen LogP) is 2.93. The molecule has 6 nitrogen and oxygen atoms in total. The zero-order chi connectivity index (χ0) is 16.1. The number of carbonyl (C=O) groups is 1. The van der Waals surface area contributed by atoms with Gasteiger partial charge in [-0.25, -0.2) is 0 Å². The standard InChI is InChI=1S/C16H12ClN5O/c17-13-3-1-11(2-4-13)14-9-19-21-16(22-20-10-23)15(14)12-5-7-18-8-6-12/h1-10H,(H,20,23)(H,21,22). The van der Waals surface area contributed by atoms with Crippen LogP contribution in [0.15, 0.2) is 55.0 Å². The van der Waals surface area contributed by atoms with Crippen LogP contribution in [0.2, 0.25) is 5.02 Å². The molecule has 0 aliphatic heterocycles. The molecule has 3 rings (SSSR count). The zero-order valence-electron chi connectivity index (χ0n) is 11.9. The Bertz CT molecular complexity index is 808. The van der Waals surface area contributed by atoms with Crippen molar-refractivity contribution < 1.29 is 4.79 Å². The van der Waals surface area contributed by atoms with E-state index < -0.39 is 0 Å². The van der Waals surface area contributed by atoms with Crippen molar-refractivity contribution in [1.82, 2.24) is 20.6 Å². The second kappa shape index (κ2) is 6.85. The number of hydrogen-bond acceptors (Lipinski definition) is 5. The summed E-state index contributed by atoms with van der Waals surface area (Å²) in [5.74, 6) is 0.441. The molecule has 3 aromatic rings. The first-order chi connectivity index (χ1) is 11.3. The molecule has 0 bridgehead atoms. The van der Waals surface area contributed by atoms with Crippen molar-refractivity contribution in [1.29, 1.82) is 0 Å². The molecule has 0 radical (unpaired) electrons. The van der Waals surface area contributed by atoms with Gasteiger partial charge in [-0.3, -0.25) is 20.6 Å². The van der Waals surface area contributed by atoms with Gasteiger partial charge in [0, 0.05) is 28.5 Å². The second-order valence-electron chi connectivity index (χ2n) is 4.61. The summed E-state index contributed by atoms with van der Waals surface area (Å²) in [6.07, 6.45) is 5.59. The molecule has 23 heavy (non-hydrogen) atoms. The molecular formula is C16H12ClN5O. The lowest BCUT2D eigenvalue weighted by molar-refractivity contribution is -0.109. The van der Waals surface area contributed by atoms with Crippen molar-refractivity contribution in [3.63, 3.8) is 0 Å². The second-order valence-corrected chi connectivity index (χ2v) is 5.05. The molecular weight excluding hydrogens is 314 g/mol. The summed E-state index contributed by atoms with van der Waals surface area (Å²) in [7, 11) is 0. The van der Waals surface area contributed by atoms with Crippen LogP contribution in [0, 0.1) is 0 Å². The van der Waals surface area contributed by atoms with Gasteiger partial charge in [-0.1, -0.05) is 23.7 Å². The molecule has 2 heterocycles. The molecule has 0 unspecified atom stereocenters. The van der Waals surface area contributed by atoms with Gasteiger partial charge in [-0.05, 0) is 35.4 Å². The van der Waals surface area contributed by atoms with Crippen molar-refractivity contribution in [2.45, 2.75) is 0 Å². The fraction of sp³-hybridized carbons (Fsp3) is 0. The molecule has 114 valence electrons. The summed E-state index contributed by atoms with van der Waals surface area (Å²) < 4.78 is 0. The van der Waals surface area contributed by atoms with Gasteiger partial charge in [0.25, 0.3) is 0 Å². The Morgan fingerprint density at radius 2 is 1.74 bits per heavy atom. The van der Waals surface area contributed by atoms with Gasteiger partial charge < -0.3 is 0 Å². The highest BCUT2D eigenvalue weighted by Gasteiger charge is 2.14. The highest BCUT2D eigenvalue weighted by molar-refractivity contribution is 6.30. The van der Waals surface area contributed by atoms with Crippen LogP contribution in [0.4, 0.5) is 5.82 Å². The Hall–Kier alpha value is -2.99. The number of carbonyl (C=O) groups excluding carboxylic acids is 1. The van der Waals surface area contributed by atoms with Crippen molar-refractivity contribution in [3.8, 4) is 22.3 Å². The predicted molar refractivity (Wildman–Crippen MR) is 88.5 cm³/mol. The maximum atomic E-state index is 10.6. The third-order valence-corrected chi connectivity index (χ3v) is 3.48. The number of pyridine rings is 1. The van der Waals surface area contributed by atoms with Gasteiger partial charge in [0.2, 0.25) is 6.41 Å². The summed E-state index contributed by atoms with van der Waals surface area (Å²) in [5.41, 5.74) is 8.64. The average Bonchev–Trinajstić information content (AvgIpc) is 2.61. The lowest BCUT2D eigenvalue weighted by atomic mass is 9.97. The van der Waals surface area contributed by atoms with Gasteiger partial charge in [0.1, 0.15) is 0 Å². The molecule has 7 heteroatoms. The molecule has 0 saturated carbocycles. The van der Waals surface area contributed by atoms with E-state index in [9.17, 15) is 4.79 Å². The van der Waals surface area contributed by atoms with Crippen LogP contribution in [0.1, 0.15) is 0 Å². The lowest BCUT2D eigenvalue weighted by Crippen LogP contribution is -2.21. The Balaban J connectivity index is 2.18. The van der Waals surface area contributed by atoms with E-state index in [2.05, 4.69) is 26.0 Å². The van der Waals surface area contributed by atoms with E-state index in [0.29, 0.717) is 17.3 Å². The third kappa shape index (κ3) is 3.27. The SMILES string of the molecule is O=CNNc1nncc(-c2ccc(Cl)cc2)c1-c1ccncc1. The number of halogens is 1. The molecule has 0 aliphatic rings. The maximum Gasteiger partial charge on any atom is 0.225 e. The van der Waals surface area contributed by atoms with E-state index in [1.807, 2.05) is 36.4 Å². The number of nitrogens with zero attached hydrogens (tertiary/aromatic N) is 3. The average molecular weight is 326 g/mol. The van der Waals surface area contributed by atoms with Crippen LogP contribution in [-0.2, 0) is 4.79 Å². The van der Waals surface area contributed by atoms with Crippen LogP contribution >= 0.6 is 11.6 Å². The number of benzene rings is 1. The van der Waals surface area contributed by atoms with Crippen LogP contribution in [0.5, 0.6) is 0 Å². The molecule has 0 spiro atoms. The molecule has 1 aromatic carbocycles. The first-order valence-corrected chi connectivity index (χ1v) is 7.14. The smallest absolute Gasteiger partial charge is 0.225 e. The molecule has 0 fully saturated rings. The van der Waals surface area contributed by atoms with Crippen molar-refractivity contribution >= 4 is 23.8 Å².